The maximum atomic E-state index is 13.2. The summed E-state index contributed by atoms with van der Waals surface area (Å²) in [5.41, 5.74) is 7.87. The number of hydrogen-bond donors (Lipinski definition) is 1. The van der Waals surface area contributed by atoms with Crippen LogP contribution in [0.15, 0.2) is 30.3 Å². The average molecular weight is 408 g/mol. The highest BCUT2D eigenvalue weighted by Crippen LogP contribution is 2.40. The number of carbonyl (C=O) groups excluding carboxylic acids is 2. The second kappa shape index (κ2) is 6.97. The summed E-state index contributed by atoms with van der Waals surface area (Å²) in [7, 11) is 2.16. The van der Waals surface area contributed by atoms with Crippen LogP contribution in [-0.2, 0) is 0 Å². The lowest BCUT2D eigenvalue weighted by atomic mass is 9.89. The molecule has 2 atom stereocenters. The summed E-state index contributed by atoms with van der Waals surface area (Å²) in [6.07, 6.45) is 4.09. The highest BCUT2D eigenvalue weighted by molar-refractivity contribution is 6.26. The maximum Gasteiger partial charge on any atom is 0.261 e. The number of nitrogens with two attached hydrogens (primary N) is 1. The van der Waals surface area contributed by atoms with Crippen molar-refractivity contribution in [2.24, 2.45) is 0 Å². The first-order chi connectivity index (χ1) is 12.1. The normalized spacial score (nSPS) is 26.7. The van der Waals surface area contributed by atoms with Gasteiger partial charge in [0.1, 0.15) is 0 Å². The number of piperidine rings is 1. The summed E-state index contributed by atoms with van der Waals surface area (Å²) in [6, 6.07) is 10.0. The number of benzene rings is 2. The summed E-state index contributed by atoms with van der Waals surface area (Å²) in [4.78, 5) is 30.3. The standard InChI is InChI=1S/C20H21N3O2.2ClH/c1-22-11-5-6-12(22)10-13(9-11)23-19(24)15-4-2-3-14-17(21)8-7-16(18(14)15)20(23)25;;/h2-4,7-8,11-13H,5-6,9-10,21H2,1H3;2*1H. The Morgan fingerprint density at radius 3 is 2.11 bits per heavy atom. The van der Waals surface area contributed by atoms with Gasteiger partial charge in [0.05, 0.1) is 0 Å². The number of carbonyl (C=O) groups is 2. The molecule has 5 nitrogen and oxygen atoms in total. The Bertz CT molecular complexity index is 897. The van der Waals surface area contributed by atoms with Crippen molar-refractivity contribution in [2.45, 2.75) is 43.8 Å². The van der Waals surface area contributed by atoms with Crippen LogP contribution >= 0.6 is 24.8 Å². The zero-order valence-corrected chi connectivity index (χ0v) is 16.7. The molecule has 0 aliphatic carbocycles. The first-order valence-electron chi connectivity index (χ1n) is 8.97. The highest BCUT2D eigenvalue weighted by Gasteiger charge is 2.45. The van der Waals surface area contributed by atoms with Crippen molar-refractivity contribution in [3.63, 3.8) is 0 Å². The summed E-state index contributed by atoms with van der Waals surface area (Å²) in [5.74, 6) is -0.328. The van der Waals surface area contributed by atoms with E-state index in [0.29, 0.717) is 34.3 Å². The van der Waals surface area contributed by atoms with E-state index in [9.17, 15) is 9.59 Å². The lowest BCUT2D eigenvalue weighted by molar-refractivity contribution is 0.0397. The fraction of sp³-hybridized carbons (Fsp3) is 0.400. The maximum absolute atomic E-state index is 13.2. The third-order valence-corrected chi connectivity index (χ3v) is 6.41. The van der Waals surface area contributed by atoms with E-state index in [1.807, 2.05) is 18.2 Å². The number of hydrogen-bond acceptors (Lipinski definition) is 4. The van der Waals surface area contributed by atoms with E-state index < -0.39 is 0 Å². The van der Waals surface area contributed by atoms with E-state index in [0.717, 1.165) is 31.1 Å². The highest BCUT2D eigenvalue weighted by atomic mass is 35.5. The summed E-state index contributed by atoms with van der Waals surface area (Å²) < 4.78 is 0. The molecule has 7 heteroatoms. The number of rotatable bonds is 1. The fourth-order valence-electron chi connectivity index (χ4n) is 5.06. The number of amides is 2. The van der Waals surface area contributed by atoms with E-state index in [4.69, 9.17) is 5.73 Å². The van der Waals surface area contributed by atoms with Crippen LogP contribution in [0.1, 0.15) is 46.4 Å². The molecule has 2 aromatic carbocycles. The molecular weight excluding hydrogens is 385 g/mol. The molecule has 5 rings (SSSR count). The third kappa shape index (κ3) is 2.72. The molecule has 3 aliphatic rings. The van der Waals surface area contributed by atoms with E-state index in [2.05, 4.69) is 11.9 Å². The molecule has 2 fully saturated rings. The minimum absolute atomic E-state index is 0. The molecule has 3 aliphatic heterocycles. The number of imide groups is 1. The van der Waals surface area contributed by atoms with E-state index in [1.165, 1.54) is 4.90 Å². The summed E-state index contributed by atoms with van der Waals surface area (Å²) in [6.45, 7) is 0. The molecule has 2 aromatic rings. The zero-order valence-electron chi connectivity index (χ0n) is 15.1. The predicted molar refractivity (Wildman–Crippen MR) is 111 cm³/mol. The average Bonchev–Trinajstić information content (AvgIpc) is 2.82. The van der Waals surface area contributed by atoms with Crippen molar-refractivity contribution in [1.29, 1.82) is 0 Å². The second-order valence-corrected chi connectivity index (χ2v) is 7.59. The molecule has 2 N–H and O–H groups in total. The largest absolute Gasteiger partial charge is 0.398 e. The molecule has 0 aromatic heterocycles. The number of fused-ring (bicyclic) bond motifs is 2. The molecular formula is C20H23Cl2N3O2. The summed E-state index contributed by atoms with van der Waals surface area (Å²) in [5, 5.41) is 1.50. The minimum atomic E-state index is -0.164. The number of nitrogens with zero attached hydrogens (tertiary/aromatic N) is 2. The Hall–Kier alpha value is -1.82. The molecule has 3 heterocycles. The molecule has 27 heavy (non-hydrogen) atoms. The zero-order chi connectivity index (χ0) is 17.3. The monoisotopic (exact) mass is 407 g/mol. The van der Waals surface area contributed by atoms with Crippen molar-refractivity contribution >= 4 is 53.1 Å². The predicted octanol–water partition coefficient (Wildman–Crippen LogP) is 3.49. The Labute approximate surface area is 170 Å². The number of halogens is 2. The van der Waals surface area contributed by atoms with Gasteiger partial charge in [-0.05, 0) is 50.9 Å². The van der Waals surface area contributed by atoms with Gasteiger partial charge in [-0.1, -0.05) is 12.1 Å². The Balaban J connectivity index is 0.00000105. The number of anilines is 1. The van der Waals surface area contributed by atoms with E-state index in [-0.39, 0.29) is 42.7 Å². The van der Waals surface area contributed by atoms with Crippen molar-refractivity contribution in [2.75, 3.05) is 12.8 Å². The Kier molecular flexibility index (Phi) is 5.14. The van der Waals surface area contributed by atoms with Crippen LogP contribution in [0.2, 0.25) is 0 Å². The molecule has 2 saturated heterocycles. The van der Waals surface area contributed by atoms with Crippen LogP contribution in [0.3, 0.4) is 0 Å². The van der Waals surface area contributed by atoms with Crippen LogP contribution in [0.5, 0.6) is 0 Å². The van der Waals surface area contributed by atoms with Crippen LogP contribution in [-0.4, -0.2) is 46.8 Å². The van der Waals surface area contributed by atoms with Crippen molar-refractivity contribution in [3.8, 4) is 0 Å². The van der Waals surface area contributed by atoms with Crippen LogP contribution in [0.25, 0.3) is 10.8 Å². The van der Waals surface area contributed by atoms with Gasteiger partial charge < -0.3 is 10.6 Å². The fourth-order valence-corrected chi connectivity index (χ4v) is 5.06. The molecule has 2 unspecified atom stereocenters. The molecule has 2 amide bonds. The lowest BCUT2D eigenvalue weighted by Gasteiger charge is -2.42. The Morgan fingerprint density at radius 1 is 0.889 bits per heavy atom. The Morgan fingerprint density at radius 2 is 1.48 bits per heavy atom. The van der Waals surface area contributed by atoms with Gasteiger partial charge in [-0.15, -0.1) is 24.8 Å². The van der Waals surface area contributed by atoms with Gasteiger partial charge in [-0.25, -0.2) is 0 Å². The third-order valence-electron chi connectivity index (χ3n) is 6.41. The van der Waals surface area contributed by atoms with Crippen LogP contribution in [0, 0.1) is 0 Å². The molecule has 0 spiro atoms. The quantitative estimate of drug-likeness (QED) is 0.580. The van der Waals surface area contributed by atoms with Crippen LogP contribution in [0.4, 0.5) is 5.69 Å². The SMILES string of the molecule is CN1C2CCC1CC(N1C(=O)c3cccc4c(N)ccc(c34)C1=O)C2.Cl.Cl. The van der Waals surface area contributed by atoms with Crippen molar-refractivity contribution < 1.29 is 9.59 Å². The lowest BCUT2D eigenvalue weighted by Crippen LogP contribution is -2.54. The number of nitrogen functional groups attached to an aromatic ring is 1. The van der Waals surface area contributed by atoms with Crippen molar-refractivity contribution in [1.82, 2.24) is 9.80 Å². The van der Waals surface area contributed by atoms with E-state index >= 15 is 0 Å². The van der Waals surface area contributed by atoms with Gasteiger partial charge in [0.15, 0.2) is 0 Å². The first-order valence-corrected chi connectivity index (χ1v) is 8.97. The molecule has 2 bridgehead atoms. The first kappa shape index (κ1) is 19.9. The van der Waals surface area contributed by atoms with Gasteiger partial charge in [0.2, 0.25) is 0 Å². The minimum Gasteiger partial charge on any atom is -0.398 e. The summed E-state index contributed by atoms with van der Waals surface area (Å²) >= 11 is 0. The van der Waals surface area contributed by atoms with Crippen LogP contribution < -0.4 is 5.73 Å². The van der Waals surface area contributed by atoms with E-state index in [1.54, 1.807) is 12.1 Å². The van der Waals surface area contributed by atoms with Gasteiger partial charge in [0, 0.05) is 45.7 Å². The molecule has 0 saturated carbocycles. The van der Waals surface area contributed by atoms with Gasteiger partial charge in [-0.2, -0.15) is 0 Å². The molecule has 0 radical (unpaired) electrons. The van der Waals surface area contributed by atoms with Gasteiger partial charge in [-0.3, -0.25) is 14.5 Å². The van der Waals surface area contributed by atoms with Gasteiger partial charge >= 0.3 is 0 Å². The smallest absolute Gasteiger partial charge is 0.261 e. The second-order valence-electron chi connectivity index (χ2n) is 7.59. The van der Waals surface area contributed by atoms with Crippen molar-refractivity contribution in [3.05, 3.63) is 41.5 Å². The topological polar surface area (TPSA) is 66.6 Å². The molecule has 144 valence electrons. The van der Waals surface area contributed by atoms with Gasteiger partial charge in [0.25, 0.3) is 11.8 Å².